The van der Waals surface area contributed by atoms with Crippen molar-refractivity contribution in [2.45, 2.75) is 37.7 Å². The maximum Gasteiger partial charge on any atom is 0.222 e. The summed E-state index contributed by atoms with van der Waals surface area (Å²) in [7, 11) is 0. The molecule has 2 heterocycles. The summed E-state index contributed by atoms with van der Waals surface area (Å²) >= 11 is 0. The minimum absolute atomic E-state index is 0.0938. The maximum absolute atomic E-state index is 13.5. The maximum atomic E-state index is 13.5. The smallest absolute Gasteiger partial charge is 0.222 e. The number of aryl methyl sites for hydroxylation is 1. The number of aromatic nitrogens is 3. The van der Waals surface area contributed by atoms with Gasteiger partial charge in [0.05, 0.1) is 23.9 Å². The van der Waals surface area contributed by atoms with Gasteiger partial charge in [-0.25, -0.2) is 13.8 Å². The van der Waals surface area contributed by atoms with E-state index in [0.29, 0.717) is 11.3 Å². The number of aliphatic hydroxyl groups is 3. The fraction of sp³-hybridized carbons (Fsp3) is 0.368. The number of anilines is 1. The number of nitrogens with zero attached hydrogens (tertiary/aromatic N) is 3. The van der Waals surface area contributed by atoms with Gasteiger partial charge in [0.15, 0.2) is 11.6 Å². The minimum Gasteiger partial charge on any atom is -0.390 e. The zero-order valence-electron chi connectivity index (χ0n) is 15.0. The number of hydrogen-bond donors (Lipinski definition) is 4. The van der Waals surface area contributed by atoms with Gasteiger partial charge < -0.3 is 25.6 Å². The number of aliphatic hydroxyl groups excluding tert-OH is 3. The molecule has 7 nitrogen and oxygen atoms in total. The summed E-state index contributed by atoms with van der Waals surface area (Å²) < 4.78 is 28.4. The van der Waals surface area contributed by atoms with Crippen LogP contribution >= 0.6 is 0 Å². The van der Waals surface area contributed by atoms with E-state index in [-0.39, 0.29) is 17.9 Å². The second kappa shape index (κ2) is 6.77. The third-order valence-electron chi connectivity index (χ3n) is 5.52. The summed E-state index contributed by atoms with van der Waals surface area (Å²) in [6, 6.07) is 4.30. The Labute approximate surface area is 159 Å². The molecule has 1 saturated carbocycles. The number of benzene rings is 1. The Balaban J connectivity index is 1.67. The topological polar surface area (TPSA) is 117 Å². The van der Waals surface area contributed by atoms with Gasteiger partial charge in [-0.3, -0.25) is 0 Å². The summed E-state index contributed by atoms with van der Waals surface area (Å²) in [6.07, 6.45) is -1.79. The Morgan fingerprint density at radius 3 is 2.61 bits per heavy atom. The van der Waals surface area contributed by atoms with Crippen LogP contribution in [0.5, 0.6) is 0 Å². The molecule has 5 atom stereocenters. The van der Waals surface area contributed by atoms with E-state index in [9.17, 15) is 24.1 Å². The van der Waals surface area contributed by atoms with Crippen molar-refractivity contribution in [3.05, 3.63) is 53.4 Å². The normalized spacial score (nSPS) is 26.1. The van der Waals surface area contributed by atoms with Crippen LogP contribution in [0.4, 0.5) is 14.7 Å². The lowest BCUT2D eigenvalue weighted by Crippen LogP contribution is -2.31. The Kier molecular flexibility index (Phi) is 4.53. The lowest BCUT2D eigenvalue weighted by Gasteiger charge is -2.22. The monoisotopic (exact) mass is 390 g/mol. The quantitative estimate of drug-likeness (QED) is 0.540. The van der Waals surface area contributed by atoms with Crippen molar-refractivity contribution < 1.29 is 24.1 Å². The molecule has 2 aromatic heterocycles. The van der Waals surface area contributed by atoms with E-state index in [0.717, 1.165) is 17.5 Å². The molecular weight excluding hydrogens is 370 g/mol. The van der Waals surface area contributed by atoms with E-state index in [4.69, 9.17) is 5.73 Å². The standard InChI is InChI=1S/C19H20F2N4O3/c1-8-10-4-5-25(18(10)24-19(22)23-8)14-7-11(16(27)17(14)28)15(26)9-2-3-12(20)13(21)6-9/h2-6,11,14-17,26-28H,7H2,1H3,(H2,22,23,24)/t11-,14+,15+,16+,17-/m0/s1. The molecule has 1 aliphatic rings. The molecule has 4 rings (SSSR count). The van der Waals surface area contributed by atoms with Gasteiger partial charge in [-0.1, -0.05) is 6.07 Å². The van der Waals surface area contributed by atoms with Gasteiger partial charge in [-0.2, -0.15) is 4.98 Å². The molecule has 0 bridgehead atoms. The summed E-state index contributed by atoms with van der Waals surface area (Å²) in [6.45, 7) is 1.79. The Morgan fingerprint density at radius 1 is 1.14 bits per heavy atom. The molecular formula is C19H20F2N4O3. The van der Waals surface area contributed by atoms with Gasteiger partial charge in [0.25, 0.3) is 0 Å². The third-order valence-corrected chi connectivity index (χ3v) is 5.52. The van der Waals surface area contributed by atoms with E-state index in [1.165, 1.54) is 6.07 Å². The number of fused-ring (bicyclic) bond motifs is 1. The molecule has 148 valence electrons. The zero-order valence-corrected chi connectivity index (χ0v) is 15.0. The van der Waals surface area contributed by atoms with E-state index in [2.05, 4.69) is 9.97 Å². The molecule has 0 saturated heterocycles. The van der Waals surface area contributed by atoms with Gasteiger partial charge >= 0.3 is 0 Å². The second-order valence-corrected chi connectivity index (χ2v) is 7.19. The van der Waals surface area contributed by atoms with E-state index in [1.807, 2.05) is 0 Å². The molecule has 5 N–H and O–H groups in total. The molecule has 0 radical (unpaired) electrons. The molecule has 0 aliphatic heterocycles. The molecule has 28 heavy (non-hydrogen) atoms. The van der Waals surface area contributed by atoms with Crippen LogP contribution in [0, 0.1) is 24.5 Å². The average molecular weight is 390 g/mol. The number of nitrogen functional groups attached to an aromatic ring is 1. The lowest BCUT2D eigenvalue weighted by atomic mass is 9.92. The summed E-state index contributed by atoms with van der Waals surface area (Å²) in [5.74, 6) is -2.79. The van der Waals surface area contributed by atoms with E-state index >= 15 is 0 Å². The van der Waals surface area contributed by atoms with Crippen molar-refractivity contribution in [3.63, 3.8) is 0 Å². The predicted molar refractivity (Wildman–Crippen MR) is 97.2 cm³/mol. The molecule has 0 unspecified atom stereocenters. The van der Waals surface area contributed by atoms with Gasteiger partial charge in [-0.15, -0.1) is 0 Å². The van der Waals surface area contributed by atoms with Crippen LogP contribution in [-0.2, 0) is 0 Å². The first-order valence-corrected chi connectivity index (χ1v) is 8.87. The van der Waals surface area contributed by atoms with E-state index in [1.54, 1.807) is 23.8 Å². The fourth-order valence-electron chi connectivity index (χ4n) is 4.05. The summed E-state index contributed by atoms with van der Waals surface area (Å²) in [5.41, 5.74) is 7.08. The highest BCUT2D eigenvalue weighted by Crippen LogP contribution is 2.43. The molecule has 0 spiro atoms. The largest absolute Gasteiger partial charge is 0.390 e. The first-order valence-electron chi connectivity index (χ1n) is 8.87. The molecule has 1 aliphatic carbocycles. The molecule has 1 fully saturated rings. The van der Waals surface area contributed by atoms with Crippen LogP contribution in [-0.4, -0.2) is 42.1 Å². The first-order chi connectivity index (χ1) is 13.3. The van der Waals surface area contributed by atoms with Gasteiger partial charge in [0.1, 0.15) is 11.8 Å². The van der Waals surface area contributed by atoms with Crippen molar-refractivity contribution in [3.8, 4) is 0 Å². The Morgan fingerprint density at radius 2 is 1.89 bits per heavy atom. The Hall–Kier alpha value is -2.62. The number of nitrogens with two attached hydrogens (primary N) is 1. The van der Waals surface area contributed by atoms with Crippen molar-refractivity contribution >= 4 is 17.0 Å². The highest BCUT2D eigenvalue weighted by atomic mass is 19.2. The van der Waals surface area contributed by atoms with Crippen LogP contribution < -0.4 is 5.73 Å². The predicted octanol–water partition coefficient (Wildman–Crippen LogP) is 1.62. The SMILES string of the molecule is Cc1nc(N)nc2c1ccn2[C@@H]1C[C@@H]([C@H](O)c2ccc(F)c(F)c2)[C@@H](O)[C@H]1O. The number of halogens is 2. The Bertz CT molecular complexity index is 1040. The molecule has 0 amide bonds. The van der Waals surface area contributed by atoms with Gasteiger partial charge in [-0.05, 0) is 37.1 Å². The van der Waals surface area contributed by atoms with Gasteiger partial charge in [0, 0.05) is 17.5 Å². The van der Waals surface area contributed by atoms with Gasteiger partial charge in [0.2, 0.25) is 5.95 Å². The molecule has 9 heteroatoms. The van der Waals surface area contributed by atoms with Crippen molar-refractivity contribution in [1.82, 2.24) is 14.5 Å². The zero-order chi connectivity index (χ0) is 20.2. The highest BCUT2D eigenvalue weighted by molar-refractivity contribution is 5.79. The molecule has 3 aromatic rings. The number of rotatable bonds is 3. The summed E-state index contributed by atoms with van der Waals surface area (Å²) in [4.78, 5) is 8.34. The third kappa shape index (κ3) is 2.92. The average Bonchev–Trinajstić information content (AvgIpc) is 3.19. The lowest BCUT2D eigenvalue weighted by molar-refractivity contribution is -0.0265. The number of hydrogen-bond acceptors (Lipinski definition) is 6. The molecule has 1 aromatic carbocycles. The fourth-order valence-corrected chi connectivity index (χ4v) is 4.05. The highest BCUT2D eigenvalue weighted by Gasteiger charge is 2.46. The van der Waals surface area contributed by atoms with Crippen molar-refractivity contribution in [2.24, 2.45) is 5.92 Å². The van der Waals surface area contributed by atoms with E-state index < -0.39 is 41.9 Å². The minimum atomic E-state index is -1.27. The van der Waals surface area contributed by atoms with Crippen LogP contribution in [0.25, 0.3) is 11.0 Å². The van der Waals surface area contributed by atoms with Crippen molar-refractivity contribution in [1.29, 1.82) is 0 Å². The van der Waals surface area contributed by atoms with Crippen LogP contribution in [0.2, 0.25) is 0 Å². The summed E-state index contributed by atoms with van der Waals surface area (Å²) in [5, 5.41) is 32.5. The van der Waals surface area contributed by atoms with Crippen LogP contribution in [0.15, 0.2) is 30.5 Å². The van der Waals surface area contributed by atoms with Crippen LogP contribution in [0.3, 0.4) is 0 Å². The van der Waals surface area contributed by atoms with Crippen LogP contribution in [0.1, 0.15) is 29.8 Å². The van der Waals surface area contributed by atoms with Crippen molar-refractivity contribution in [2.75, 3.05) is 5.73 Å². The second-order valence-electron chi connectivity index (χ2n) is 7.19. The first kappa shape index (κ1) is 18.7.